The number of esters is 6. The number of fused-ring (bicyclic) bond motifs is 5. The fourth-order valence-electron chi connectivity index (χ4n) is 9.79. The monoisotopic (exact) mass is 1150 g/mol. The van der Waals surface area contributed by atoms with E-state index in [2.05, 4.69) is 50.1 Å². The number of imide groups is 4. The number of amides is 10. The van der Waals surface area contributed by atoms with Crippen molar-refractivity contribution in [2.45, 2.75) is 86.5 Å². The van der Waals surface area contributed by atoms with Crippen molar-refractivity contribution in [1.82, 2.24) is 30.2 Å². The summed E-state index contributed by atoms with van der Waals surface area (Å²) in [5.41, 5.74) is 0.159. The van der Waals surface area contributed by atoms with Crippen LogP contribution in [0.3, 0.4) is 0 Å². The zero-order chi connectivity index (χ0) is 61.4. The Hall–Kier alpha value is -8.32. The van der Waals surface area contributed by atoms with Crippen LogP contribution in [0.15, 0.2) is 72.9 Å². The van der Waals surface area contributed by atoms with E-state index in [0.717, 1.165) is 32.1 Å². The van der Waals surface area contributed by atoms with Crippen molar-refractivity contribution in [3.63, 3.8) is 0 Å². The molecule has 26 heteroatoms. The molecular formula is C56H78N6O20. The Morgan fingerprint density at radius 3 is 1.13 bits per heavy atom. The first-order chi connectivity index (χ1) is 38.6. The Morgan fingerprint density at radius 2 is 0.768 bits per heavy atom. The molecule has 3 saturated carbocycles. The Balaban J connectivity index is 1.76. The highest BCUT2D eigenvalue weighted by Crippen LogP contribution is 2.68. The molecule has 0 aromatic heterocycles. The quantitative estimate of drug-likeness (QED) is 0.0357. The Kier molecular flexibility index (Phi) is 27.2. The van der Waals surface area contributed by atoms with Crippen molar-refractivity contribution < 1.29 is 95.4 Å². The summed E-state index contributed by atoms with van der Waals surface area (Å²) in [5, 5.41) is 4.84. The van der Waals surface area contributed by atoms with Gasteiger partial charge in [-0.25, -0.2) is 77.1 Å². The number of nitrogens with one attached hydrogen (secondary N) is 2. The highest BCUT2D eigenvalue weighted by Gasteiger charge is 2.61. The summed E-state index contributed by atoms with van der Waals surface area (Å²) in [6.07, 6.45) is 2.59. The lowest BCUT2D eigenvalue weighted by atomic mass is 9.68. The molecule has 3 aliphatic rings. The minimum absolute atomic E-state index is 0.0451. The second kappa shape index (κ2) is 32.8. The Morgan fingerprint density at radius 1 is 0.427 bits per heavy atom. The predicted molar refractivity (Wildman–Crippen MR) is 290 cm³/mol. The van der Waals surface area contributed by atoms with Crippen molar-refractivity contribution in [3.05, 3.63) is 72.9 Å². The van der Waals surface area contributed by atoms with E-state index in [0.29, 0.717) is 32.4 Å². The number of hydrogen-bond donors (Lipinski definition) is 2. The van der Waals surface area contributed by atoms with Crippen molar-refractivity contribution >= 4 is 72.1 Å². The predicted octanol–water partition coefficient (Wildman–Crippen LogP) is 6.07. The third kappa shape index (κ3) is 20.3. The van der Waals surface area contributed by atoms with E-state index >= 15 is 0 Å². The van der Waals surface area contributed by atoms with Crippen molar-refractivity contribution in [1.29, 1.82) is 0 Å². The van der Waals surface area contributed by atoms with Crippen molar-refractivity contribution in [2.24, 2.45) is 29.1 Å². The standard InChI is InChI=1S/C56H78N6O20/c1-34(2)44(63)75-27-19-57-50(69)59(21-29-77-46(65)36(5)6)52(71)61(23-31-79-48(67)38(9)10)54(73)81-25-16-40-13-14-42-43(40)41-15-17-56(42,33-41)18-26-82-55(74)62(24-32-80-49(68)39(11)12)53(72)60(22-30-78-47(66)37(7)8)51(70)58-20-28-76-45(64)35(3)4/h40-43H,1,3,5,7,9,11,13-33H2,2,4,6,8,10,12H3,(H,57,69)(H,58,70). The normalized spacial score (nSPS) is 17.9. The zero-order valence-corrected chi connectivity index (χ0v) is 47.9. The highest BCUT2D eigenvalue weighted by molar-refractivity contribution is 6.01. The number of ether oxygens (including phenoxy) is 8. The van der Waals surface area contributed by atoms with E-state index in [9.17, 15) is 57.5 Å². The van der Waals surface area contributed by atoms with Gasteiger partial charge in [-0.1, -0.05) is 39.5 Å². The van der Waals surface area contributed by atoms with Crippen LogP contribution in [0.2, 0.25) is 0 Å². The van der Waals surface area contributed by atoms with Crippen LogP contribution in [0.4, 0.5) is 28.8 Å². The summed E-state index contributed by atoms with van der Waals surface area (Å²) in [6, 6.07) is -4.53. The van der Waals surface area contributed by atoms with Crippen LogP contribution < -0.4 is 10.6 Å². The SMILES string of the molecule is C=C(C)C(=O)OCCNC(=O)N(CCOC(=O)C(=C)C)C(=O)N(CCOC(=O)C(=C)C)C(=O)OCCC1CCC2C1C1CCC2(CCOC(=O)N(CCOC(=O)C(=C)C)C(=O)N(CCOC(=O)C(=C)C)C(=O)NCCOC(=O)C(=C)C)C1. The summed E-state index contributed by atoms with van der Waals surface area (Å²) < 4.78 is 42.0. The molecule has 10 amide bonds. The molecule has 0 aromatic rings. The van der Waals surface area contributed by atoms with Crippen molar-refractivity contribution in [2.75, 3.05) is 92.1 Å². The lowest BCUT2D eigenvalue weighted by molar-refractivity contribution is -0.140. The van der Waals surface area contributed by atoms with Gasteiger partial charge in [0.05, 0.1) is 52.5 Å². The second-order valence-electron chi connectivity index (χ2n) is 20.3. The molecule has 3 aliphatic carbocycles. The van der Waals surface area contributed by atoms with Gasteiger partial charge < -0.3 is 48.5 Å². The summed E-state index contributed by atoms with van der Waals surface area (Å²) in [4.78, 5) is 158. The van der Waals surface area contributed by atoms with E-state index in [1.807, 2.05) is 0 Å². The molecule has 0 saturated heterocycles. The molecule has 0 aliphatic heterocycles. The molecule has 5 atom stereocenters. The van der Waals surface area contributed by atoms with Gasteiger partial charge in [0, 0.05) is 33.4 Å². The summed E-state index contributed by atoms with van der Waals surface area (Å²) in [7, 11) is 0. The number of urea groups is 4. The third-order valence-corrected chi connectivity index (χ3v) is 13.8. The van der Waals surface area contributed by atoms with Gasteiger partial charge in [-0.3, -0.25) is 0 Å². The molecule has 3 fully saturated rings. The second-order valence-corrected chi connectivity index (χ2v) is 20.3. The molecule has 3 rings (SSSR count). The number of rotatable bonds is 30. The Labute approximate surface area is 477 Å². The van der Waals surface area contributed by atoms with Crippen LogP contribution >= 0.6 is 0 Å². The smallest absolute Gasteiger partial charge is 0.418 e. The lowest BCUT2D eigenvalue weighted by Crippen LogP contribution is -2.54. The lowest BCUT2D eigenvalue weighted by Gasteiger charge is -2.37. The molecule has 0 spiro atoms. The van der Waals surface area contributed by atoms with Crippen LogP contribution in [-0.4, -0.2) is 184 Å². The van der Waals surface area contributed by atoms with Gasteiger partial charge >= 0.3 is 72.1 Å². The van der Waals surface area contributed by atoms with Gasteiger partial charge in [-0.05, 0) is 116 Å². The molecule has 0 heterocycles. The van der Waals surface area contributed by atoms with Gasteiger partial charge in [0.1, 0.15) is 39.6 Å². The van der Waals surface area contributed by atoms with Crippen LogP contribution in [0, 0.1) is 29.1 Å². The van der Waals surface area contributed by atoms with Gasteiger partial charge in [0.25, 0.3) is 0 Å². The van der Waals surface area contributed by atoms with Crippen LogP contribution in [0.5, 0.6) is 0 Å². The van der Waals surface area contributed by atoms with Gasteiger partial charge in [-0.2, -0.15) is 0 Å². The first-order valence-electron chi connectivity index (χ1n) is 26.7. The number of carbonyl (C=O) groups excluding carboxylic acids is 12. The maximum absolute atomic E-state index is 14.2. The molecule has 2 bridgehead atoms. The van der Waals surface area contributed by atoms with E-state index in [1.165, 1.54) is 41.5 Å². The first-order valence-corrected chi connectivity index (χ1v) is 26.7. The van der Waals surface area contributed by atoms with Gasteiger partial charge in [0.15, 0.2) is 0 Å². The average Bonchev–Trinajstić information content (AvgIpc) is 2.25. The molecule has 82 heavy (non-hydrogen) atoms. The molecule has 2 N–H and O–H groups in total. The van der Waals surface area contributed by atoms with Crippen LogP contribution in [0.25, 0.3) is 0 Å². The van der Waals surface area contributed by atoms with Crippen molar-refractivity contribution in [3.8, 4) is 0 Å². The highest BCUT2D eigenvalue weighted by atomic mass is 16.6. The summed E-state index contributed by atoms with van der Waals surface area (Å²) >= 11 is 0. The fourth-order valence-corrected chi connectivity index (χ4v) is 9.79. The van der Waals surface area contributed by atoms with Crippen LogP contribution in [-0.2, 0) is 66.7 Å². The molecular weight excluding hydrogens is 1080 g/mol. The Bertz CT molecular complexity index is 2520. The maximum Gasteiger partial charge on any atom is 0.418 e. The molecule has 0 radical (unpaired) electrons. The van der Waals surface area contributed by atoms with Crippen LogP contribution in [0.1, 0.15) is 86.5 Å². The third-order valence-electron chi connectivity index (χ3n) is 13.8. The molecule has 5 unspecified atom stereocenters. The maximum atomic E-state index is 14.2. The van der Waals surface area contributed by atoms with Gasteiger partial charge in [-0.15, -0.1) is 0 Å². The minimum Gasteiger partial charge on any atom is -0.460 e. The topological polar surface area (TPSA) is 316 Å². The molecule has 0 aromatic carbocycles. The number of hydrogen-bond acceptors (Lipinski definition) is 20. The van der Waals surface area contributed by atoms with E-state index < -0.39 is 125 Å². The number of carbonyl (C=O) groups is 12. The first kappa shape index (κ1) is 68.0. The average molecular weight is 1160 g/mol. The zero-order valence-electron chi connectivity index (χ0n) is 47.9. The van der Waals surface area contributed by atoms with Gasteiger partial charge in [0.2, 0.25) is 0 Å². The largest absolute Gasteiger partial charge is 0.460 e. The minimum atomic E-state index is -1.21. The summed E-state index contributed by atoms with van der Waals surface area (Å²) in [6.45, 7) is 23.9. The fraction of sp³-hybridized carbons (Fsp3) is 0.571. The molecule has 26 nitrogen and oxygen atoms in total. The molecule has 452 valence electrons. The van der Waals surface area contributed by atoms with E-state index in [1.54, 1.807) is 0 Å². The summed E-state index contributed by atoms with van der Waals surface area (Å²) in [5.74, 6) is -3.89. The van der Waals surface area contributed by atoms with E-state index in [4.69, 9.17) is 37.9 Å². The number of nitrogens with zero attached hydrogens (tertiary/aromatic N) is 4. The van der Waals surface area contributed by atoms with E-state index in [-0.39, 0.29) is 102 Å².